The fraction of sp³-hybridized carbons (Fsp3) is 0.357. The number of Topliss-reactive ketones (excluding diaryl/α,β-unsaturated/α-hetero) is 1. The van der Waals surface area contributed by atoms with Gasteiger partial charge in [0, 0.05) is 34.1 Å². The molecular formula is C42H50Br3MgNO2. The number of carbonyl (C=O) groups excluding carboxylic acids is 1. The predicted octanol–water partition coefficient (Wildman–Crippen LogP) is 9.87. The zero-order valence-electron chi connectivity index (χ0n) is 28.8. The molecule has 49 heavy (non-hydrogen) atoms. The molecule has 7 heteroatoms. The number of halogens is 3. The second-order valence-electron chi connectivity index (χ2n) is 11.4. The molecule has 1 saturated heterocycles. The molecule has 0 aliphatic carbocycles. The molecule has 0 aromatic heterocycles. The number of hydrogen-bond donors (Lipinski definition) is 0. The number of unbranched alkanes of at least 4 members (excludes halogenated alkanes) is 6. The number of carbonyl (C=O) groups is 1. The van der Waals surface area contributed by atoms with Crippen LogP contribution in [0.5, 0.6) is 0 Å². The van der Waals surface area contributed by atoms with Gasteiger partial charge in [-0.25, -0.2) is 4.85 Å². The Morgan fingerprint density at radius 3 is 1.63 bits per heavy atom. The van der Waals surface area contributed by atoms with E-state index < -0.39 is 0 Å². The first-order valence-corrected chi connectivity index (χ1v) is 18.5. The standard InChI is InChI=1S/C19H21BrO.C12H17.C7H4BrN.C4H8O.BrH.Mg/c20-18-13-8-12-17(15-18)19(21)14-7-2-1-4-9-16-10-5-3-6-11-16;1-2-3-4-6-9-12-10-7-5-8-11-12;1-9-7-4-2-3-6(8)5-7;1-2-4-5-3-1;;/h3,5-6,8,10-13,15H,1-2,4,7,9,14H2;5,7-8,10-11H,1-4,6,9H2;2-5H;1-4H2;1H;/q;-1;;;;+2/p-1. The van der Waals surface area contributed by atoms with E-state index in [4.69, 9.17) is 11.3 Å². The van der Waals surface area contributed by atoms with Crippen LogP contribution in [0, 0.1) is 13.5 Å². The van der Waals surface area contributed by atoms with Crippen LogP contribution in [0.15, 0.2) is 118 Å². The number of hydrogen-bond acceptors (Lipinski definition) is 2. The third-order valence-electron chi connectivity index (χ3n) is 7.43. The van der Waals surface area contributed by atoms with Crippen LogP contribution in [-0.2, 0) is 17.6 Å². The van der Waals surface area contributed by atoms with Crippen molar-refractivity contribution < 1.29 is 26.5 Å². The molecule has 0 atom stereocenters. The summed E-state index contributed by atoms with van der Waals surface area (Å²) in [5.74, 6) is 0.249. The van der Waals surface area contributed by atoms with Crippen molar-refractivity contribution in [2.24, 2.45) is 0 Å². The summed E-state index contributed by atoms with van der Waals surface area (Å²) in [6.45, 7) is 12.5. The van der Waals surface area contributed by atoms with Crippen LogP contribution in [0.2, 0.25) is 0 Å². The van der Waals surface area contributed by atoms with Crippen molar-refractivity contribution in [2.45, 2.75) is 83.5 Å². The Morgan fingerprint density at radius 1 is 0.673 bits per heavy atom. The smallest absolute Gasteiger partial charge is 1.00 e. The normalized spacial score (nSPS) is 11.0. The van der Waals surface area contributed by atoms with E-state index in [-0.39, 0.29) is 45.8 Å². The maximum Gasteiger partial charge on any atom is 2.00 e. The molecule has 1 aliphatic heterocycles. The van der Waals surface area contributed by atoms with Crippen molar-refractivity contribution in [3.8, 4) is 0 Å². The summed E-state index contributed by atoms with van der Waals surface area (Å²) in [6.07, 6.45) is 15.1. The molecule has 0 spiro atoms. The molecule has 258 valence electrons. The summed E-state index contributed by atoms with van der Waals surface area (Å²) in [7, 11) is 0. The van der Waals surface area contributed by atoms with E-state index in [1.165, 1.54) is 62.5 Å². The van der Waals surface area contributed by atoms with Crippen LogP contribution in [0.3, 0.4) is 0 Å². The van der Waals surface area contributed by atoms with Gasteiger partial charge in [0.15, 0.2) is 11.5 Å². The van der Waals surface area contributed by atoms with Crippen LogP contribution >= 0.6 is 31.9 Å². The first-order valence-electron chi connectivity index (χ1n) is 16.9. The summed E-state index contributed by atoms with van der Waals surface area (Å²) >= 11 is 6.66. The van der Waals surface area contributed by atoms with Gasteiger partial charge < -0.3 is 28.6 Å². The van der Waals surface area contributed by atoms with Gasteiger partial charge >= 0.3 is 23.1 Å². The molecule has 1 fully saturated rings. The first kappa shape index (κ1) is 47.2. The molecule has 0 unspecified atom stereocenters. The Morgan fingerprint density at radius 2 is 1.18 bits per heavy atom. The van der Waals surface area contributed by atoms with Gasteiger partial charge in [-0.15, -0.1) is 0 Å². The quantitative estimate of drug-likeness (QED) is 0.0581. The Labute approximate surface area is 340 Å². The van der Waals surface area contributed by atoms with Crippen molar-refractivity contribution >= 4 is 66.4 Å². The minimum Gasteiger partial charge on any atom is -1.00 e. The molecule has 5 rings (SSSR count). The van der Waals surface area contributed by atoms with Gasteiger partial charge in [0.05, 0.1) is 6.57 Å². The van der Waals surface area contributed by atoms with Crippen molar-refractivity contribution in [3.63, 3.8) is 0 Å². The molecule has 3 nitrogen and oxygen atoms in total. The third-order valence-corrected chi connectivity index (χ3v) is 8.42. The van der Waals surface area contributed by atoms with E-state index in [0.29, 0.717) is 12.1 Å². The molecule has 1 heterocycles. The largest absolute Gasteiger partial charge is 2.00 e. The summed E-state index contributed by atoms with van der Waals surface area (Å²) in [5.41, 5.74) is 4.35. The summed E-state index contributed by atoms with van der Waals surface area (Å²) in [4.78, 5) is 15.3. The van der Waals surface area contributed by atoms with Crippen molar-refractivity contribution in [1.29, 1.82) is 0 Å². The molecule has 4 aromatic rings. The van der Waals surface area contributed by atoms with Crippen molar-refractivity contribution in [3.05, 3.63) is 153 Å². The topological polar surface area (TPSA) is 30.7 Å². The monoisotopic (exact) mass is 861 g/mol. The van der Waals surface area contributed by atoms with Crippen LogP contribution in [0.25, 0.3) is 4.85 Å². The molecule has 4 aromatic carbocycles. The SMILES string of the molecule is C1CCOC1.O=C(CCCCCCc1ccccc1)c1cccc(Br)c1.[Br-].[C-]#[N+]c1cccc(Br)c1.[CH2-]CCCCCc1ccccc1.[Mg+2]. The number of ketones is 1. The first-order chi connectivity index (χ1) is 23.0. The van der Waals surface area contributed by atoms with Crippen LogP contribution < -0.4 is 17.0 Å². The van der Waals surface area contributed by atoms with E-state index in [1.807, 2.05) is 36.4 Å². The minimum absolute atomic E-state index is 0. The minimum atomic E-state index is 0. The number of nitrogens with zero attached hydrogens (tertiary/aromatic N) is 1. The predicted molar refractivity (Wildman–Crippen MR) is 212 cm³/mol. The average Bonchev–Trinajstić information content (AvgIpc) is 3.70. The maximum atomic E-state index is 12.0. The summed E-state index contributed by atoms with van der Waals surface area (Å²) in [5, 5.41) is 0. The molecule has 0 saturated carbocycles. The van der Waals surface area contributed by atoms with Crippen molar-refractivity contribution in [2.75, 3.05) is 13.2 Å². The van der Waals surface area contributed by atoms with E-state index in [0.717, 1.165) is 53.4 Å². The maximum absolute atomic E-state index is 12.0. The number of aryl methyl sites for hydroxylation is 2. The molecular weight excluding hydrogens is 814 g/mol. The van der Waals surface area contributed by atoms with Gasteiger partial charge in [-0.2, -0.15) is 6.42 Å². The van der Waals surface area contributed by atoms with Crippen LogP contribution in [-0.4, -0.2) is 42.0 Å². The molecule has 0 N–H and O–H groups in total. The van der Waals surface area contributed by atoms with Gasteiger partial charge in [-0.05, 0) is 74.3 Å². The van der Waals surface area contributed by atoms with E-state index >= 15 is 0 Å². The van der Waals surface area contributed by atoms with Gasteiger partial charge in [0.25, 0.3) is 0 Å². The van der Waals surface area contributed by atoms with Crippen LogP contribution in [0.4, 0.5) is 5.69 Å². The average molecular weight is 865 g/mol. The Kier molecular flexibility index (Phi) is 31.0. The number of benzene rings is 4. The second-order valence-corrected chi connectivity index (χ2v) is 13.2. The summed E-state index contributed by atoms with van der Waals surface area (Å²) in [6, 6.07) is 36.2. The van der Waals surface area contributed by atoms with Crippen LogP contribution in [0.1, 0.15) is 92.1 Å². The van der Waals surface area contributed by atoms with E-state index in [1.54, 1.807) is 12.1 Å². The van der Waals surface area contributed by atoms with E-state index in [2.05, 4.69) is 104 Å². The second kappa shape index (κ2) is 32.1. The molecule has 0 bridgehead atoms. The zero-order chi connectivity index (χ0) is 33.8. The van der Waals surface area contributed by atoms with Gasteiger partial charge in [-0.1, -0.05) is 149 Å². The molecule has 0 radical (unpaired) electrons. The van der Waals surface area contributed by atoms with Crippen molar-refractivity contribution in [1.82, 2.24) is 0 Å². The molecule has 0 amide bonds. The zero-order valence-corrected chi connectivity index (χ0v) is 35.0. The van der Waals surface area contributed by atoms with Gasteiger partial charge in [0.2, 0.25) is 0 Å². The Balaban J connectivity index is 0.000000695. The van der Waals surface area contributed by atoms with Gasteiger partial charge in [0.1, 0.15) is 0 Å². The fourth-order valence-corrected chi connectivity index (χ4v) is 5.59. The fourth-order valence-electron chi connectivity index (χ4n) is 4.80. The Hall–Kier alpha value is -1.79. The third kappa shape index (κ3) is 24.9. The number of rotatable bonds is 13. The Bertz CT molecular complexity index is 1400. The van der Waals surface area contributed by atoms with E-state index in [9.17, 15) is 4.79 Å². The molecule has 1 aliphatic rings. The van der Waals surface area contributed by atoms with Gasteiger partial charge in [-0.3, -0.25) is 4.79 Å². The number of ether oxygens (including phenoxy) is 1. The summed E-state index contributed by atoms with van der Waals surface area (Å²) < 4.78 is 6.87.